The normalized spacial score (nSPS) is 12.5. The first-order valence-electron chi connectivity index (χ1n) is 4.81. The third kappa shape index (κ3) is 3.81. The van der Waals surface area contributed by atoms with Gasteiger partial charge in [0.05, 0.1) is 5.02 Å². The second kappa shape index (κ2) is 6.10. The molecule has 0 radical (unpaired) electrons. The van der Waals surface area contributed by atoms with Crippen molar-refractivity contribution in [1.29, 1.82) is 0 Å². The summed E-state index contributed by atoms with van der Waals surface area (Å²) >= 11 is 7.21. The van der Waals surface area contributed by atoms with Crippen molar-refractivity contribution in [2.24, 2.45) is 5.92 Å². The van der Waals surface area contributed by atoms with Gasteiger partial charge in [0.25, 0.3) is 5.91 Å². The highest BCUT2D eigenvalue weighted by Gasteiger charge is 2.12. The van der Waals surface area contributed by atoms with E-state index >= 15 is 0 Å². The van der Waals surface area contributed by atoms with Crippen molar-refractivity contribution in [2.45, 2.75) is 6.92 Å². The summed E-state index contributed by atoms with van der Waals surface area (Å²) in [6.45, 7) is 3.62. The lowest BCUT2D eigenvalue weighted by Crippen LogP contribution is -2.31. The van der Waals surface area contributed by atoms with E-state index in [9.17, 15) is 4.79 Å². The van der Waals surface area contributed by atoms with Crippen LogP contribution in [0.4, 0.5) is 0 Å². The smallest absolute Gasteiger partial charge is 0.262 e. The Labute approximate surface area is 98.8 Å². The summed E-state index contributed by atoms with van der Waals surface area (Å²) in [6, 6.07) is 1.73. The SMILES string of the molecule is CNCC(C)CNC(=O)c1sccc1Cl. The van der Waals surface area contributed by atoms with E-state index in [-0.39, 0.29) is 5.91 Å². The Kier molecular flexibility index (Phi) is 5.08. The Balaban J connectivity index is 2.40. The maximum absolute atomic E-state index is 11.6. The summed E-state index contributed by atoms with van der Waals surface area (Å²) in [6.07, 6.45) is 0. The molecule has 1 aromatic rings. The fourth-order valence-electron chi connectivity index (χ4n) is 1.22. The van der Waals surface area contributed by atoms with Crippen molar-refractivity contribution in [3.8, 4) is 0 Å². The molecule has 0 saturated heterocycles. The largest absolute Gasteiger partial charge is 0.351 e. The Morgan fingerprint density at radius 1 is 1.60 bits per heavy atom. The van der Waals surface area contributed by atoms with E-state index in [1.165, 1.54) is 11.3 Å². The van der Waals surface area contributed by atoms with Gasteiger partial charge in [0.15, 0.2) is 0 Å². The van der Waals surface area contributed by atoms with Crippen molar-refractivity contribution in [3.05, 3.63) is 21.3 Å². The van der Waals surface area contributed by atoms with Gasteiger partial charge in [-0.25, -0.2) is 0 Å². The average Bonchev–Trinajstić information content (AvgIpc) is 2.61. The molecule has 1 heterocycles. The van der Waals surface area contributed by atoms with Crippen LogP contribution >= 0.6 is 22.9 Å². The monoisotopic (exact) mass is 246 g/mol. The molecule has 0 aliphatic carbocycles. The third-order valence-corrected chi connectivity index (χ3v) is 3.33. The molecule has 0 aliphatic rings. The molecule has 0 aliphatic heterocycles. The zero-order valence-corrected chi connectivity index (χ0v) is 10.4. The Morgan fingerprint density at radius 3 is 2.87 bits per heavy atom. The van der Waals surface area contributed by atoms with E-state index < -0.39 is 0 Å². The number of halogens is 1. The molecular formula is C10H15ClN2OS. The van der Waals surface area contributed by atoms with Crippen LogP contribution in [0.2, 0.25) is 5.02 Å². The number of hydrogen-bond acceptors (Lipinski definition) is 3. The van der Waals surface area contributed by atoms with Crippen molar-refractivity contribution in [2.75, 3.05) is 20.1 Å². The summed E-state index contributed by atoms with van der Waals surface area (Å²) in [5.74, 6) is 0.329. The van der Waals surface area contributed by atoms with E-state index in [0.29, 0.717) is 22.4 Å². The van der Waals surface area contributed by atoms with Crippen LogP contribution in [0, 0.1) is 5.92 Å². The zero-order chi connectivity index (χ0) is 11.3. The molecule has 2 N–H and O–H groups in total. The summed E-state index contributed by atoms with van der Waals surface area (Å²) in [7, 11) is 1.90. The molecule has 5 heteroatoms. The Morgan fingerprint density at radius 2 is 2.33 bits per heavy atom. The van der Waals surface area contributed by atoms with Gasteiger partial charge in [0, 0.05) is 6.54 Å². The van der Waals surface area contributed by atoms with Crippen LogP contribution in [-0.4, -0.2) is 26.0 Å². The van der Waals surface area contributed by atoms with E-state index in [4.69, 9.17) is 11.6 Å². The number of rotatable bonds is 5. The number of hydrogen-bond donors (Lipinski definition) is 2. The van der Waals surface area contributed by atoms with Crippen LogP contribution in [0.15, 0.2) is 11.4 Å². The van der Waals surface area contributed by atoms with E-state index in [0.717, 1.165) is 6.54 Å². The minimum atomic E-state index is -0.0852. The highest BCUT2D eigenvalue weighted by atomic mass is 35.5. The standard InChI is InChI=1S/C10H15ClN2OS/c1-7(5-12-2)6-13-10(14)9-8(11)3-4-15-9/h3-4,7,12H,5-6H2,1-2H3,(H,13,14). The summed E-state index contributed by atoms with van der Waals surface area (Å²) in [4.78, 5) is 12.2. The maximum atomic E-state index is 11.6. The van der Waals surface area contributed by atoms with Gasteiger partial charge in [-0.2, -0.15) is 0 Å². The van der Waals surface area contributed by atoms with Gasteiger partial charge in [-0.05, 0) is 31.0 Å². The second-order valence-electron chi connectivity index (χ2n) is 3.47. The van der Waals surface area contributed by atoms with Crippen molar-refractivity contribution in [3.63, 3.8) is 0 Å². The lowest BCUT2D eigenvalue weighted by atomic mass is 10.2. The van der Waals surface area contributed by atoms with Gasteiger partial charge in [-0.15, -0.1) is 11.3 Å². The Bertz CT molecular complexity index is 327. The summed E-state index contributed by atoms with van der Waals surface area (Å²) in [5, 5.41) is 8.26. The van der Waals surface area contributed by atoms with Gasteiger partial charge in [-0.3, -0.25) is 4.79 Å². The quantitative estimate of drug-likeness (QED) is 0.834. The molecule has 1 rings (SSSR count). The molecule has 3 nitrogen and oxygen atoms in total. The molecule has 0 spiro atoms. The van der Waals surface area contributed by atoms with Gasteiger partial charge in [0.2, 0.25) is 0 Å². The highest BCUT2D eigenvalue weighted by Crippen LogP contribution is 2.21. The maximum Gasteiger partial charge on any atom is 0.262 e. The van der Waals surface area contributed by atoms with Crippen molar-refractivity contribution >= 4 is 28.8 Å². The lowest BCUT2D eigenvalue weighted by molar-refractivity contribution is 0.0952. The fourth-order valence-corrected chi connectivity index (χ4v) is 2.28. The number of carbonyl (C=O) groups is 1. The fraction of sp³-hybridized carbons (Fsp3) is 0.500. The zero-order valence-electron chi connectivity index (χ0n) is 8.84. The number of nitrogens with one attached hydrogen (secondary N) is 2. The molecule has 0 aromatic carbocycles. The van der Waals surface area contributed by atoms with Crippen LogP contribution in [0.3, 0.4) is 0 Å². The van der Waals surface area contributed by atoms with E-state index in [2.05, 4.69) is 17.6 Å². The van der Waals surface area contributed by atoms with Crippen molar-refractivity contribution < 1.29 is 4.79 Å². The van der Waals surface area contributed by atoms with Gasteiger partial charge < -0.3 is 10.6 Å². The van der Waals surface area contributed by atoms with Gasteiger partial charge in [-0.1, -0.05) is 18.5 Å². The van der Waals surface area contributed by atoms with Crippen LogP contribution in [-0.2, 0) is 0 Å². The second-order valence-corrected chi connectivity index (χ2v) is 4.79. The highest BCUT2D eigenvalue weighted by molar-refractivity contribution is 7.12. The molecule has 1 amide bonds. The molecule has 1 atom stereocenters. The first-order valence-corrected chi connectivity index (χ1v) is 6.06. The van der Waals surface area contributed by atoms with Crippen LogP contribution in [0.25, 0.3) is 0 Å². The first kappa shape index (κ1) is 12.5. The van der Waals surface area contributed by atoms with Crippen LogP contribution in [0.1, 0.15) is 16.6 Å². The molecule has 0 fully saturated rings. The molecular weight excluding hydrogens is 232 g/mol. The van der Waals surface area contributed by atoms with Crippen LogP contribution < -0.4 is 10.6 Å². The molecule has 0 bridgehead atoms. The predicted molar refractivity (Wildman–Crippen MR) is 64.8 cm³/mol. The molecule has 0 saturated carbocycles. The molecule has 84 valence electrons. The number of thiophene rings is 1. The summed E-state index contributed by atoms with van der Waals surface area (Å²) in [5.41, 5.74) is 0. The molecule has 1 aromatic heterocycles. The first-order chi connectivity index (χ1) is 7.15. The average molecular weight is 247 g/mol. The van der Waals surface area contributed by atoms with Crippen molar-refractivity contribution in [1.82, 2.24) is 10.6 Å². The predicted octanol–water partition coefficient (Wildman–Crippen LogP) is 1.99. The van der Waals surface area contributed by atoms with Crippen LogP contribution in [0.5, 0.6) is 0 Å². The van der Waals surface area contributed by atoms with Gasteiger partial charge in [0.1, 0.15) is 4.88 Å². The number of amides is 1. The summed E-state index contributed by atoms with van der Waals surface area (Å²) < 4.78 is 0. The molecule has 1 unspecified atom stereocenters. The Hall–Kier alpha value is -0.580. The topological polar surface area (TPSA) is 41.1 Å². The van der Waals surface area contributed by atoms with E-state index in [1.54, 1.807) is 6.07 Å². The van der Waals surface area contributed by atoms with Gasteiger partial charge >= 0.3 is 0 Å². The minimum Gasteiger partial charge on any atom is -0.351 e. The van der Waals surface area contributed by atoms with E-state index in [1.807, 2.05) is 12.4 Å². The molecule has 15 heavy (non-hydrogen) atoms. The minimum absolute atomic E-state index is 0.0852. The number of carbonyl (C=O) groups excluding carboxylic acids is 1. The third-order valence-electron chi connectivity index (χ3n) is 1.99. The lowest BCUT2D eigenvalue weighted by Gasteiger charge is -2.11.